The first kappa shape index (κ1) is 11.9. The molecule has 0 amide bonds. The third-order valence-electron chi connectivity index (χ3n) is 3.05. The molecule has 2 N–H and O–H groups in total. The standard InChI is InChI=1S/C10H23NO/c1-5-10(11,6-2)9(3)7-8-12-4/h9H,5-8,11H2,1-4H3. The van der Waals surface area contributed by atoms with Crippen LogP contribution in [0.4, 0.5) is 0 Å². The van der Waals surface area contributed by atoms with Gasteiger partial charge in [0.25, 0.3) is 0 Å². The number of nitrogens with two attached hydrogens (primary N) is 1. The Morgan fingerprint density at radius 2 is 1.83 bits per heavy atom. The molecule has 74 valence electrons. The molecule has 0 aliphatic heterocycles. The topological polar surface area (TPSA) is 35.2 Å². The Morgan fingerprint density at radius 1 is 1.33 bits per heavy atom. The maximum absolute atomic E-state index is 6.23. The Bertz CT molecular complexity index is 110. The highest BCUT2D eigenvalue weighted by Gasteiger charge is 2.27. The molecule has 1 atom stereocenters. The van der Waals surface area contributed by atoms with Gasteiger partial charge in [-0.25, -0.2) is 0 Å². The van der Waals surface area contributed by atoms with Crippen molar-refractivity contribution in [2.75, 3.05) is 13.7 Å². The van der Waals surface area contributed by atoms with E-state index in [1.807, 2.05) is 0 Å². The fourth-order valence-corrected chi connectivity index (χ4v) is 1.53. The molecule has 2 heteroatoms. The van der Waals surface area contributed by atoms with Crippen LogP contribution in [0.15, 0.2) is 0 Å². The van der Waals surface area contributed by atoms with Crippen molar-refractivity contribution < 1.29 is 4.74 Å². The zero-order chi connectivity index (χ0) is 9.61. The summed E-state index contributed by atoms with van der Waals surface area (Å²) in [6, 6.07) is 0. The lowest BCUT2D eigenvalue weighted by Crippen LogP contribution is -2.45. The van der Waals surface area contributed by atoms with Gasteiger partial charge in [-0.3, -0.25) is 0 Å². The Balaban J connectivity index is 3.93. The molecular weight excluding hydrogens is 150 g/mol. The lowest BCUT2D eigenvalue weighted by molar-refractivity contribution is 0.151. The van der Waals surface area contributed by atoms with Gasteiger partial charge in [0, 0.05) is 19.3 Å². The highest BCUT2D eigenvalue weighted by Crippen LogP contribution is 2.24. The monoisotopic (exact) mass is 173 g/mol. The summed E-state index contributed by atoms with van der Waals surface area (Å²) in [5.41, 5.74) is 6.24. The van der Waals surface area contributed by atoms with Crippen molar-refractivity contribution in [3.8, 4) is 0 Å². The zero-order valence-electron chi connectivity index (χ0n) is 8.89. The van der Waals surface area contributed by atoms with Gasteiger partial charge in [-0.05, 0) is 25.2 Å². The van der Waals surface area contributed by atoms with Crippen molar-refractivity contribution >= 4 is 0 Å². The second kappa shape index (κ2) is 5.55. The van der Waals surface area contributed by atoms with E-state index in [0.717, 1.165) is 25.9 Å². The molecule has 0 aliphatic rings. The fourth-order valence-electron chi connectivity index (χ4n) is 1.53. The quantitative estimate of drug-likeness (QED) is 0.668. The van der Waals surface area contributed by atoms with Crippen LogP contribution in [-0.4, -0.2) is 19.3 Å². The second-order valence-electron chi connectivity index (χ2n) is 3.62. The van der Waals surface area contributed by atoms with Gasteiger partial charge in [0.1, 0.15) is 0 Å². The van der Waals surface area contributed by atoms with Crippen molar-refractivity contribution in [1.29, 1.82) is 0 Å². The minimum atomic E-state index is 0.0124. The van der Waals surface area contributed by atoms with Gasteiger partial charge in [-0.15, -0.1) is 0 Å². The van der Waals surface area contributed by atoms with Crippen LogP contribution in [-0.2, 0) is 4.74 Å². The number of rotatable bonds is 6. The molecule has 0 aromatic carbocycles. The summed E-state index contributed by atoms with van der Waals surface area (Å²) in [7, 11) is 1.74. The summed E-state index contributed by atoms with van der Waals surface area (Å²) in [6.45, 7) is 7.35. The molecule has 0 saturated heterocycles. The van der Waals surface area contributed by atoms with E-state index in [4.69, 9.17) is 10.5 Å². The summed E-state index contributed by atoms with van der Waals surface area (Å²) >= 11 is 0. The van der Waals surface area contributed by atoms with E-state index in [0.29, 0.717) is 5.92 Å². The lowest BCUT2D eigenvalue weighted by Gasteiger charge is -2.33. The van der Waals surface area contributed by atoms with Crippen LogP contribution in [0.1, 0.15) is 40.0 Å². The Morgan fingerprint density at radius 3 is 2.17 bits per heavy atom. The summed E-state index contributed by atoms with van der Waals surface area (Å²) < 4.78 is 5.04. The van der Waals surface area contributed by atoms with Crippen LogP contribution in [0.3, 0.4) is 0 Å². The molecule has 1 unspecified atom stereocenters. The van der Waals surface area contributed by atoms with Crippen LogP contribution in [0, 0.1) is 5.92 Å². The average Bonchev–Trinajstić information content (AvgIpc) is 2.12. The summed E-state index contributed by atoms with van der Waals surface area (Å²) in [6.07, 6.45) is 3.16. The van der Waals surface area contributed by atoms with Gasteiger partial charge in [0.15, 0.2) is 0 Å². The van der Waals surface area contributed by atoms with Crippen molar-refractivity contribution in [2.24, 2.45) is 11.7 Å². The molecule has 12 heavy (non-hydrogen) atoms. The van der Waals surface area contributed by atoms with Gasteiger partial charge < -0.3 is 10.5 Å². The number of hydrogen-bond acceptors (Lipinski definition) is 2. The maximum atomic E-state index is 6.23. The van der Waals surface area contributed by atoms with E-state index in [1.165, 1.54) is 0 Å². The van der Waals surface area contributed by atoms with Gasteiger partial charge in [0.2, 0.25) is 0 Å². The van der Waals surface area contributed by atoms with E-state index in [2.05, 4.69) is 20.8 Å². The predicted molar refractivity (Wildman–Crippen MR) is 53.2 cm³/mol. The first-order chi connectivity index (χ1) is 5.60. The summed E-state index contributed by atoms with van der Waals surface area (Å²) in [5, 5.41) is 0. The number of hydrogen-bond donors (Lipinski definition) is 1. The van der Waals surface area contributed by atoms with Crippen molar-refractivity contribution in [2.45, 2.75) is 45.6 Å². The normalized spacial score (nSPS) is 14.8. The Hall–Kier alpha value is -0.0800. The van der Waals surface area contributed by atoms with Crippen molar-refractivity contribution in [3.05, 3.63) is 0 Å². The molecule has 0 aliphatic carbocycles. The van der Waals surface area contributed by atoms with Gasteiger partial charge in [-0.2, -0.15) is 0 Å². The number of methoxy groups -OCH3 is 1. The molecule has 0 bridgehead atoms. The second-order valence-corrected chi connectivity index (χ2v) is 3.62. The van der Waals surface area contributed by atoms with Gasteiger partial charge in [-0.1, -0.05) is 20.8 Å². The third-order valence-corrected chi connectivity index (χ3v) is 3.05. The first-order valence-corrected chi connectivity index (χ1v) is 4.88. The van der Waals surface area contributed by atoms with Crippen LogP contribution in [0.25, 0.3) is 0 Å². The Labute approximate surface area is 76.5 Å². The molecule has 0 heterocycles. The SMILES string of the molecule is CCC(N)(CC)C(C)CCOC. The van der Waals surface area contributed by atoms with Crippen LogP contribution in [0.5, 0.6) is 0 Å². The number of ether oxygens (including phenoxy) is 1. The van der Waals surface area contributed by atoms with E-state index < -0.39 is 0 Å². The van der Waals surface area contributed by atoms with Crippen molar-refractivity contribution in [3.63, 3.8) is 0 Å². The summed E-state index contributed by atoms with van der Waals surface area (Å²) in [5.74, 6) is 0.549. The molecule has 0 saturated carbocycles. The van der Waals surface area contributed by atoms with Crippen molar-refractivity contribution in [1.82, 2.24) is 0 Å². The van der Waals surface area contributed by atoms with E-state index in [1.54, 1.807) is 7.11 Å². The molecular formula is C10H23NO. The first-order valence-electron chi connectivity index (χ1n) is 4.88. The molecule has 0 radical (unpaired) electrons. The molecule has 2 nitrogen and oxygen atoms in total. The minimum Gasteiger partial charge on any atom is -0.385 e. The fraction of sp³-hybridized carbons (Fsp3) is 1.00. The smallest absolute Gasteiger partial charge is 0.0465 e. The Kier molecular flexibility index (Phi) is 5.51. The third kappa shape index (κ3) is 3.11. The molecule has 0 aromatic rings. The average molecular weight is 173 g/mol. The van der Waals surface area contributed by atoms with Crippen LogP contribution < -0.4 is 5.73 Å². The van der Waals surface area contributed by atoms with Crippen LogP contribution >= 0.6 is 0 Å². The largest absolute Gasteiger partial charge is 0.385 e. The highest BCUT2D eigenvalue weighted by atomic mass is 16.5. The lowest BCUT2D eigenvalue weighted by atomic mass is 9.80. The van der Waals surface area contributed by atoms with E-state index in [-0.39, 0.29) is 5.54 Å². The predicted octanol–water partition coefficient (Wildman–Crippen LogP) is 2.18. The van der Waals surface area contributed by atoms with E-state index in [9.17, 15) is 0 Å². The van der Waals surface area contributed by atoms with Crippen LogP contribution in [0.2, 0.25) is 0 Å². The molecule has 0 spiro atoms. The zero-order valence-corrected chi connectivity index (χ0v) is 8.89. The maximum Gasteiger partial charge on any atom is 0.0465 e. The molecule has 0 rings (SSSR count). The highest BCUT2D eigenvalue weighted by molar-refractivity contribution is 4.86. The molecule has 0 aromatic heterocycles. The minimum absolute atomic E-state index is 0.0124. The van der Waals surface area contributed by atoms with Gasteiger partial charge >= 0.3 is 0 Å². The molecule has 0 fully saturated rings. The summed E-state index contributed by atoms with van der Waals surface area (Å²) in [4.78, 5) is 0. The van der Waals surface area contributed by atoms with E-state index >= 15 is 0 Å². The van der Waals surface area contributed by atoms with Gasteiger partial charge in [0.05, 0.1) is 0 Å².